The summed E-state index contributed by atoms with van der Waals surface area (Å²) in [5.74, 6) is 1.24. The van der Waals surface area contributed by atoms with Crippen molar-refractivity contribution in [3.63, 3.8) is 0 Å². The SMILES string of the molecule is CNC(=O)c1ccc2cc(-c3ccc(Oc4ccc(-c5cc6ccc(C(=O)NC)cc6[nH]5)cc4)cc3)[nH]c2c1. The fourth-order valence-corrected chi connectivity index (χ4v) is 4.68. The third-order valence-corrected chi connectivity index (χ3v) is 6.79. The second kappa shape index (κ2) is 9.87. The number of fused-ring (bicyclic) bond motifs is 2. The first kappa shape index (κ1) is 24.1. The van der Waals surface area contributed by atoms with Crippen LogP contribution in [0.1, 0.15) is 20.7 Å². The molecule has 0 saturated carbocycles. The predicted octanol–water partition coefficient (Wildman–Crippen LogP) is 6.49. The Kier molecular flexibility index (Phi) is 6.09. The molecular formula is C32H26N4O3. The van der Waals surface area contributed by atoms with Gasteiger partial charge in [-0.2, -0.15) is 0 Å². The van der Waals surface area contributed by atoms with Crippen molar-refractivity contribution >= 4 is 33.6 Å². The standard InChI is InChI=1S/C32H26N4O3/c1-33-31(37)23-5-3-21-15-27(35-29(21)17-23)19-7-11-25(12-8-19)39-26-13-9-20(10-14-26)28-16-22-4-6-24(32(38)34-2)18-30(22)36-28/h3-18,35-36H,1-2H3,(H,33,37)(H,34,38). The van der Waals surface area contributed by atoms with Crippen LogP contribution in [-0.4, -0.2) is 35.9 Å². The monoisotopic (exact) mass is 514 g/mol. The summed E-state index contributed by atoms with van der Waals surface area (Å²) in [7, 11) is 3.25. The molecule has 6 aromatic rings. The second-order valence-corrected chi connectivity index (χ2v) is 9.28. The van der Waals surface area contributed by atoms with Crippen molar-refractivity contribution < 1.29 is 14.3 Å². The molecule has 192 valence electrons. The molecule has 0 atom stereocenters. The van der Waals surface area contributed by atoms with Crippen molar-refractivity contribution in [1.29, 1.82) is 0 Å². The average molecular weight is 515 g/mol. The number of carbonyl (C=O) groups excluding carboxylic acids is 2. The third-order valence-electron chi connectivity index (χ3n) is 6.79. The lowest BCUT2D eigenvalue weighted by Gasteiger charge is -2.07. The number of aromatic nitrogens is 2. The summed E-state index contributed by atoms with van der Waals surface area (Å²) in [4.78, 5) is 30.7. The van der Waals surface area contributed by atoms with Gasteiger partial charge in [-0.3, -0.25) is 9.59 Å². The number of amides is 2. The lowest BCUT2D eigenvalue weighted by atomic mass is 10.1. The van der Waals surface area contributed by atoms with Gasteiger partial charge in [-0.05, 0) is 96.1 Å². The van der Waals surface area contributed by atoms with Crippen LogP contribution < -0.4 is 15.4 Å². The molecule has 0 fully saturated rings. The lowest BCUT2D eigenvalue weighted by Crippen LogP contribution is -2.17. The van der Waals surface area contributed by atoms with Crippen LogP contribution in [0.3, 0.4) is 0 Å². The maximum Gasteiger partial charge on any atom is 0.251 e. The Bertz CT molecular complexity index is 1690. The highest BCUT2D eigenvalue weighted by Crippen LogP contribution is 2.30. The Labute approximate surface area is 224 Å². The molecule has 0 bridgehead atoms. The Hall–Kier alpha value is -5.30. The van der Waals surface area contributed by atoms with Crippen LogP contribution in [0.2, 0.25) is 0 Å². The Morgan fingerprint density at radius 2 is 0.974 bits per heavy atom. The molecule has 6 rings (SSSR count). The van der Waals surface area contributed by atoms with E-state index < -0.39 is 0 Å². The molecule has 2 amide bonds. The van der Waals surface area contributed by atoms with Crippen molar-refractivity contribution in [1.82, 2.24) is 20.6 Å². The van der Waals surface area contributed by atoms with Gasteiger partial charge in [0.1, 0.15) is 11.5 Å². The number of aromatic amines is 2. The van der Waals surface area contributed by atoms with Crippen LogP contribution in [0.4, 0.5) is 0 Å². The fourth-order valence-electron chi connectivity index (χ4n) is 4.68. The average Bonchev–Trinajstić information content (AvgIpc) is 3.60. The minimum Gasteiger partial charge on any atom is -0.457 e. The molecule has 4 N–H and O–H groups in total. The van der Waals surface area contributed by atoms with E-state index in [0.29, 0.717) is 11.1 Å². The van der Waals surface area contributed by atoms with E-state index in [9.17, 15) is 9.59 Å². The van der Waals surface area contributed by atoms with E-state index in [2.05, 4.69) is 32.7 Å². The molecule has 4 aromatic carbocycles. The van der Waals surface area contributed by atoms with Gasteiger partial charge in [0.25, 0.3) is 11.8 Å². The molecule has 2 aromatic heterocycles. The lowest BCUT2D eigenvalue weighted by molar-refractivity contribution is 0.0955. The van der Waals surface area contributed by atoms with Crippen molar-refractivity contribution in [2.75, 3.05) is 14.1 Å². The first-order chi connectivity index (χ1) is 19.0. The van der Waals surface area contributed by atoms with Gasteiger partial charge in [0.2, 0.25) is 0 Å². The summed E-state index contributed by atoms with van der Waals surface area (Å²) in [5.41, 5.74) is 7.04. The van der Waals surface area contributed by atoms with Crippen LogP contribution in [-0.2, 0) is 0 Å². The van der Waals surface area contributed by atoms with E-state index in [-0.39, 0.29) is 11.8 Å². The van der Waals surface area contributed by atoms with Gasteiger partial charge < -0.3 is 25.3 Å². The summed E-state index contributed by atoms with van der Waals surface area (Å²) < 4.78 is 6.08. The van der Waals surface area contributed by atoms with Gasteiger partial charge in [-0.1, -0.05) is 12.1 Å². The van der Waals surface area contributed by atoms with E-state index >= 15 is 0 Å². The van der Waals surface area contributed by atoms with Crippen LogP contribution in [0.15, 0.2) is 97.1 Å². The molecule has 7 nitrogen and oxygen atoms in total. The molecule has 2 heterocycles. The second-order valence-electron chi connectivity index (χ2n) is 9.28. The highest BCUT2D eigenvalue weighted by molar-refractivity contribution is 5.99. The van der Waals surface area contributed by atoms with Crippen molar-refractivity contribution in [3.05, 3.63) is 108 Å². The predicted molar refractivity (Wildman–Crippen MR) is 154 cm³/mol. The topological polar surface area (TPSA) is 99.0 Å². The number of hydrogen-bond acceptors (Lipinski definition) is 3. The minimum atomic E-state index is -0.111. The molecule has 7 heteroatoms. The number of hydrogen-bond donors (Lipinski definition) is 4. The van der Waals surface area contributed by atoms with Gasteiger partial charge in [0, 0.05) is 58.4 Å². The molecule has 0 radical (unpaired) electrons. The van der Waals surface area contributed by atoms with Crippen LogP contribution in [0.25, 0.3) is 44.3 Å². The van der Waals surface area contributed by atoms with Gasteiger partial charge in [0.15, 0.2) is 0 Å². The Morgan fingerprint density at radius 1 is 0.564 bits per heavy atom. The summed E-state index contributed by atoms with van der Waals surface area (Å²) in [6, 6.07) is 31.2. The normalized spacial score (nSPS) is 11.0. The molecule has 0 spiro atoms. The maximum absolute atomic E-state index is 11.9. The van der Waals surface area contributed by atoms with Crippen LogP contribution in [0.5, 0.6) is 11.5 Å². The summed E-state index contributed by atoms with van der Waals surface area (Å²) in [5, 5.41) is 7.39. The van der Waals surface area contributed by atoms with E-state index in [1.807, 2.05) is 84.9 Å². The number of rotatable bonds is 6. The van der Waals surface area contributed by atoms with Gasteiger partial charge in [-0.25, -0.2) is 0 Å². The Balaban J connectivity index is 1.16. The molecule has 0 aliphatic heterocycles. The molecule has 0 aliphatic carbocycles. The molecule has 0 unspecified atom stereocenters. The molecule has 0 aliphatic rings. The zero-order valence-electron chi connectivity index (χ0n) is 21.5. The van der Waals surface area contributed by atoms with Crippen LogP contribution >= 0.6 is 0 Å². The van der Waals surface area contributed by atoms with E-state index in [1.54, 1.807) is 14.1 Å². The van der Waals surface area contributed by atoms with Crippen molar-refractivity contribution in [2.24, 2.45) is 0 Å². The highest BCUT2D eigenvalue weighted by Gasteiger charge is 2.10. The number of nitrogens with one attached hydrogen (secondary N) is 4. The number of ether oxygens (including phenoxy) is 1. The van der Waals surface area contributed by atoms with Crippen molar-refractivity contribution in [3.8, 4) is 34.0 Å². The summed E-state index contributed by atoms with van der Waals surface area (Å²) in [6.45, 7) is 0. The number of benzene rings is 4. The number of H-pyrrole nitrogens is 2. The summed E-state index contributed by atoms with van der Waals surface area (Å²) >= 11 is 0. The third kappa shape index (κ3) is 4.73. The fraction of sp³-hybridized carbons (Fsp3) is 0.0625. The van der Waals surface area contributed by atoms with Gasteiger partial charge in [0.05, 0.1) is 0 Å². The quantitative estimate of drug-likeness (QED) is 0.204. The van der Waals surface area contributed by atoms with Crippen LogP contribution in [0, 0.1) is 0 Å². The van der Waals surface area contributed by atoms with Gasteiger partial charge in [-0.15, -0.1) is 0 Å². The number of carbonyl (C=O) groups is 2. The zero-order chi connectivity index (χ0) is 26.9. The summed E-state index contributed by atoms with van der Waals surface area (Å²) in [6.07, 6.45) is 0. The smallest absolute Gasteiger partial charge is 0.251 e. The molecule has 0 saturated heterocycles. The van der Waals surface area contributed by atoms with E-state index in [0.717, 1.165) is 55.8 Å². The largest absolute Gasteiger partial charge is 0.457 e. The van der Waals surface area contributed by atoms with E-state index in [4.69, 9.17) is 4.74 Å². The van der Waals surface area contributed by atoms with Crippen molar-refractivity contribution in [2.45, 2.75) is 0 Å². The highest BCUT2D eigenvalue weighted by atomic mass is 16.5. The van der Waals surface area contributed by atoms with E-state index in [1.165, 1.54) is 0 Å². The zero-order valence-corrected chi connectivity index (χ0v) is 21.5. The Morgan fingerprint density at radius 3 is 1.36 bits per heavy atom. The van der Waals surface area contributed by atoms with Gasteiger partial charge >= 0.3 is 0 Å². The molecular weight excluding hydrogens is 488 g/mol. The first-order valence-electron chi connectivity index (χ1n) is 12.6. The first-order valence-corrected chi connectivity index (χ1v) is 12.6. The molecule has 39 heavy (non-hydrogen) atoms. The maximum atomic E-state index is 11.9. The minimum absolute atomic E-state index is 0.111.